The predicted molar refractivity (Wildman–Crippen MR) is 235 cm³/mol. The molecule has 0 amide bonds. The molecule has 7 aromatic rings. The Labute approximate surface area is 345 Å². The minimum Gasteiger partial charge on any atom is -0.656 e. The Morgan fingerprint density at radius 3 is 1.13 bits per heavy atom. The SMILES string of the molecule is CC(C)c1cccc(C(C)C)c1N1[CH-]N(c2c(C(C)C)cccc2C(C)C)c2cc3ccccc3cc21.Cc1cc(C)c2[n-]c3c(C)cc(C)cc3c2c1.[Au]. The Balaban J connectivity index is 0.000000238. The number of aryl methyl sites for hydroxylation is 4. The Bertz CT molecular complexity index is 2280. The van der Waals surface area contributed by atoms with E-state index in [4.69, 9.17) is 4.98 Å². The fraction of sp³-hybridized carbons (Fsp3) is 0.314. The molecular formula is C51H57AuN3-2. The van der Waals surface area contributed by atoms with E-state index in [0.29, 0.717) is 23.7 Å². The van der Waals surface area contributed by atoms with E-state index in [1.807, 2.05) is 0 Å². The van der Waals surface area contributed by atoms with E-state index in [2.05, 4.69) is 197 Å². The van der Waals surface area contributed by atoms with Crippen LogP contribution in [0.3, 0.4) is 0 Å². The molecule has 0 bridgehead atoms. The van der Waals surface area contributed by atoms with Crippen LogP contribution in [0.1, 0.15) is 124 Å². The summed E-state index contributed by atoms with van der Waals surface area (Å²) in [5.41, 5.74) is 18.2. The number of fused-ring (bicyclic) bond motifs is 5. The van der Waals surface area contributed by atoms with Gasteiger partial charge in [-0.3, -0.25) is 0 Å². The molecule has 3 nitrogen and oxygen atoms in total. The summed E-state index contributed by atoms with van der Waals surface area (Å²) in [4.78, 5) is 9.76. The van der Waals surface area contributed by atoms with Gasteiger partial charge in [0.2, 0.25) is 0 Å². The first-order valence-corrected chi connectivity index (χ1v) is 19.9. The largest absolute Gasteiger partial charge is 0.656 e. The molecule has 0 saturated heterocycles. The molecule has 1 aliphatic heterocycles. The normalized spacial score (nSPS) is 12.7. The molecule has 0 fully saturated rings. The molecular weight excluding hydrogens is 852 g/mol. The van der Waals surface area contributed by atoms with Crippen molar-refractivity contribution in [3.8, 4) is 0 Å². The molecule has 2 heterocycles. The molecule has 0 saturated carbocycles. The number of para-hydroxylation sites is 2. The van der Waals surface area contributed by atoms with Gasteiger partial charge in [-0.25, -0.2) is 0 Å². The van der Waals surface area contributed by atoms with Crippen LogP contribution in [0.15, 0.2) is 97.1 Å². The molecule has 8 rings (SSSR count). The van der Waals surface area contributed by atoms with Gasteiger partial charge in [-0.1, -0.05) is 163 Å². The van der Waals surface area contributed by atoms with Crippen LogP contribution >= 0.6 is 0 Å². The first-order chi connectivity index (χ1) is 25.7. The van der Waals surface area contributed by atoms with E-state index in [-0.39, 0.29) is 22.4 Å². The van der Waals surface area contributed by atoms with Crippen LogP contribution in [0.25, 0.3) is 32.6 Å². The number of anilines is 4. The van der Waals surface area contributed by atoms with Crippen LogP contribution in [-0.4, -0.2) is 0 Å². The second kappa shape index (κ2) is 16.1. The molecule has 0 atom stereocenters. The van der Waals surface area contributed by atoms with Crippen molar-refractivity contribution in [1.82, 2.24) is 4.98 Å². The summed E-state index contributed by atoms with van der Waals surface area (Å²) in [6, 6.07) is 36.1. The fourth-order valence-electron chi connectivity index (χ4n) is 8.52. The smallest absolute Gasteiger partial charge is 0.0351 e. The number of rotatable bonds is 6. The summed E-state index contributed by atoms with van der Waals surface area (Å²) in [6.45, 7) is 29.4. The predicted octanol–water partition coefficient (Wildman–Crippen LogP) is 14.9. The van der Waals surface area contributed by atoms with Crippen molar-refractivity contribution < 1.29 is 22.4 Å². The van der Waals surface area contributed by atoms with Crippen LogP contribution in [-0.2, 0) is 22.4 Å². The van der Waals surface area contributed by atoms with E-state index in [0.717, 1.165) is 11.0 Å². The molecule has 6 aromatic carbocycles. The molecule has 0 unspecified atom stereocenters. The summed E-state index contributed by atoms with van der Waals surface area (Å²) in [6.07, 6.45) is 0. The molecule has 0 spiro atoms. The average Bonchev–Trinajstić information content (AvgIpc) is 3.68. The Kier molecular flexibility index (Phi) is 11.8. The van der Waals surface area contributed by atoms with Crippen molar-refractivity contribution in [1.29, 1.82) is 0 Å². The third-order valence-electron chi connectivity index (χ3n) is 11.2. The van der Waals surface area contributed by atoms with Gasteiger partial charge >= 0.3 is 0 Å². The van der Waals surface area contributed by atoms with Crippen LogP contribution in [0.4, 0.5) is 22.7 Å². The summed E-state index contributed by atoms with van der Waals surface area (Å²) >= 11 is 0. The number of benzene rings is 6. The van der Waals surface area contributed by atoms with Crippen molar-refractivity contribution >= 4 is 55.3 Å². The molecule has 4 heteroatoms. The first-order valence-electron chi connectivity index (χ1n) is 19.9. The van der Waals surface area contributed by atoms with Crippen molar-refractivity contribution in [2.24, 2.45) is 0 Å². The van der Waals surface area contributed by atoms with Crippen LogP contribution in [0.2, 0.25) is 0 Å². The van der Waals surface area contributed by atoms with Crippen molar-refractivity contribution in [3.63, 3.8) is 0 Å². The van der Waals surface area contributed by atoms with E-state index < -0.39 is 0 Å². The van der Waals surface area contributed by atoms with Crippen molar-refractivity contribution in [2.75, 3.05) is 9.80 Å². The van der Waals surface area contributed by atoms with Crippen molar-refractivity contribution in [3.05, 3.63) is 148 Å². The number of hydrogen-bond donors (Lipinski definition) is 0. The van der Waals surface area contributed by atoms with Gasteiger partial charge in [0.25, 0.3) is 0 Å². The van der Waals surface area contributed by atoms with Crippen LogP contribution in [0, 0.1) is 34.4 Å². The second-order valence-electron chi connectivity index (χ2n) is 16.8. The summed E-state index contributed by atoms with van der Waals surface area (Å²) in [7, 11) is 0. The van der Waals surface area contributed by atoms with E-state index in [1.165, 1.54) is 88.8 Å². The minimum absolute atomic E-state index is 0. The Hall–Kier alpha value is -4.28. The molecule has 1 radical (unpaired) electrons. The molecule has 0 N–H and O–H groups in total. The van der Waals surface area contributed by atoms with Gasteiger partial charge in [0.15, 0.2) is 0 Å². The summed E-state index contributed by atoms with van der Waals surface area (Å²) in [5.74, 6) is 1.70. The summed E-state index contributed by atoms with van der Waals surface area (Å²) in [5, 5.41) is 5.14. The van der Waals surface area contributed by atoms with Gasteiger partial charge in [-0.05, 0) is 107 Å². The standard InChI is InChI=1S/C35H41N2.C16H16N.Au/c1-22(2)28-15-11-16-29(23(3)4)34(28)36-21-37(33-20-27-14-10-9-13-26(27)19-32(33)36)35-30(24(5)6)17-12-18-31(35)25(7)8;1-9-5-11(3)15-13(7-9)14-8-10(2)6-12(4)16(14)17-15;/h9-25H,1-8H3;5-8H,1-4H3;/q2*-1;. The van der Waals surface area contributed by atoms with Gasteiger partial charge in [0.05, 0.1) is 0 Å². The maximum absolute atomic E-state index is 4.80. The summed E-state index contributed by atoms with van der Waals surface area (Å²) < 4.78 is 0. The molecule has 0 aliphatic carbocycles. The van der Waals surface area contributed by atoms with Gasteiger partial charge < -0.3 is 14.8 Å². The maximum atomic E-state index is 4.80. The molecule has 1 aromatic heterocycles. The Morgan fingerprint density at radius 1 is 0.455 bits per heavy atom. The van der Waals surface area contributed by atoms with Gasteiger partial charge in [-0.2, -0.15) is 0 Å². The quantitative estimate of drug-likeness (QED) is 0.122. The van der Waals surface area contributed by atoms with E-state index >= 15 is 0 Å². The third kappa shape index (κ3) is 7.52. The third-order valence-corrected chi connectivity index (χ3v) is 11.2. The second-order valence-corrected chi connectivity index (χ2v) is 16.8. The molecule has 55 heavy (non-hydrogen) atoms. The van der Waals surface area contributed by atoms with Gasteiger partial charge in [0, 0.05) is 45.1 Å². The zero-order valence-corrected chi connectivity index (χ0v) is 36.9. The topological polar surface area (TPSA) is 20.6 Å². The first kappa shape index (κ1) is 40.4. The van der Waals surface area contributed by atoms with Crippen LogP contribution < -0.4 is 14.8 Å². The minimum atomic E-state index is 0. The van der Waals surface area contributed by atoms with Crippen LogP contribution in [0.5, 0.6) is 0 Å². The van der Waals surface area contributed by atoms with Gasteiger partial charge in [0.1, 0.15) is 0 Å². The monoisotopic (exact) mass is 908 g/mol. The van der Waals surface area contributed by atoms with E-state index in [9.17, 15) is 0 Å². The zero-order valence-electron chi connectivity index (χ0n) is 34.8. The average molecular weight is 909 g/mol. The van der Waals surface area contributed by atoms with E-state index in [1.54, 1.807) is 0 Å². The molecule has 289 valence electrons. The van der Waals surface area contributed by atoms with Crippen molar-refractivity contribution in [2.45, 2.75) is 107 Å². The fourth-order valence-corrected chi connectivity index (χ4v) is 8.52. The molecule has 1 aliphatic rings. The van der Waals surface area contributed by atoms with Gasteiger partial charge in [-0.15, -0.1) is 17.7 Å². The zero-order chi connectivity index (χ0) is 38.6. The Morgan fingerprint density at radius 2 is 0.800 bits per heavy atom. The number of nitrogens with zero attached hydrogens (tertiary/aromatic N) is 3. The number of hydrogen-bond acceptors (Lipinski definition) is 2. The maximum Gasteiger partial charge on any atom is 0.0351 e. The number of aromatic nitrogens is 1.